The van der Waals surface area contributed by atoms with E-state index in [-0.39, 0.29) is 5.56 Å². The number of carbonyl (C=O) groups is 1. The second-order valence-corrected chi connectivity index (χ2v) is 8.72. The number of esters is 1. The van der Waals surface area contributed by atoms with E-state index in [0.29, 0.717) is 34.1 Å². The lowest BCUT2D eigenvalue weighted by Crippen LogP contribution is -2.22. The molecular weight excluding hydrogens is 408 g/mol. The third-order valence-electron chi connectivity index (χ3n) is 4.86. The minimum Gasteiger partial charge on any atom is -0.465 e. The number of ether oxygens (including phenoxy) is 1. The molecular formula is C20H20N4O3S2. The van der Waals surface area contributed by atoms with Gasteiger partial charge in [0.05, 0.1) is 18.2 Å². The van der Waals surface area contributed by atoms with Crippen molar-refractivity contribution in [2.75, 3.05) is 7.11 Å². The van der Waals surface area contributed by atoms with E-state index in [2.05, 4.69) is 4.98 Å². The summed E-state index contributed by atoms with van der Waals surface area (Å²) in [6.07, 6.45) is 3.72. The van der Waals surface area contributed by atoms with Crippen molar-refractivity contribution in [3.05, 3.63) is 56.6 Å². The summed E-state index contributed by atoms with van der Waals surface area (Å²) in [5.74, 6) is 0.111. The van der Waals surface area contributed by atoms with Crippen molar-refractivity contribution in [3.63, 3.8) is 0 Å². The fourth-order valence-corrected chi connectivity index (χ4v) is 5.26. The number of thiophene rings is 1. The second-order valence-electron chi connectivity index (χ2n) is 6.57. The van der Waals surface area contributed by atoms with Crippen molar-refractivity contribution >= 4 is 44.9 Å². The molecule has 0 aromatic carbocycles. The fraction of sp³-hybridized carbons (Fsp3) is 0.300. The van der Waals surface area contributed by atoms with Crippen LogP contribution in [0.4, 0.5) is 0 Å². The van der Waals surface area contributed by atoms with E-state index in [9.17, 15) is 9.59 Å². The highest BCUT2D eigenvalue weighted by atomic mass is 32.2. The van der Waals surface area contributed by atoms with Crippen molar-refractivity contribution in [2.45, 2.75) is 38.2 Å². The van der Waals surface area contributed by atoms with Crippen molar-refractivity contribution in [1.82, 2.24) is 18.9 Å². The third kappa shape index (κ3) is 3.34. The van der Waals surface area contributed by atoms with Crippen molar-refractivity contribution in [1.29, 1.82) is 0 Å². The maximum absolute atomic E-state index is 13.0. The summed E-state index contributed by atoms with van der Waals surface area (Å²) in [4.78, 5) is 36.2. The molecule has 0 radical (unpaired) electrons. The predicted molar refractivity (Wildman–Crippen MR) is 115 cm³/mol. The molecule has 0 atom stereocenters. The summed E-state index contributed by atoms with van der Waals surface area (Å²) in [5, 5.41) is 1.39. The molecule has 0 aliphatic carbocycles. The van der Waals surface area contributed by atoms with E-state index in [4.69, 9.17) is 9.72 Å². The van der Waals surface area contributed by atoms with Crippen LogP contribution in [0.1, 0.15) is 33.4 Å². The minimum absolute atomic E-state index is 0.00447. The number of imidazole rings is 1. The molecule has 150 valence electrons. The Morgan fingerprint density at radius 2 is 2.10 bits per heavy atom. The standard InChI is InChI=1S/C20H20N4O3S2/c1-5-24-18(25)15-11(2)12(3)29-17(15)22-20(24)28-10-13-9-23-8-6-7-14(16(23)21-13)19(26)27-4/h6-9H,5,10H2,1-4H3. The van der Waals surface area contributed by atoms with E-state index in [1.54, 1.807) is 32.4 Å². The van der Waals surface area contributed by atoms with Crippen LogP contribution >= 0.6 is 23.1 Å². The largest absolute Gasteiger partial charge is 0.465 e. The van der Waals surface area contributed by atoms with Gasteiger partial charge in [-0.25, -0.2) is 14.8 Å². The quantitative estimate of drug-likeness (QED) is 0.273. The average Bonchev–Trinajstić information content (AvgIpc) is 3.26. The molecule has 0 aliphatic heterocycles. The number of hydrogen-bond donors (Lipinski definition) is 0. The summed E-state index contributed by atoms with van der Waals surface area (Å²) >= 11 is 3.02. The van der Waals surface area contributed by atoms with Gasteiger partial charge < -0.3 is 9.14 Å². The number of methoxy groups -OCH3 is 1. The monoisotopic (exact) mass is 428 g/mol. The summed E-state index contributed by atoms with van der Waals surface area (Å²) in [7, 11) is 1.35. The van der Waals surface area contributed by atoms with Gasteiger partial charge in [-0.15, -0.1) is 11.3 Å². The summed E-state index contributed by atoms with van der Waals surface area (Å²) in [6.45, 7) is 6.48. The number of carbonyl (C=O) groups excluding carboxylic acids is 1. The van der Waals surface area contributed by atoms with Crippen LogP contribution in [0.5, 0.6) is 0 Å². The lowest BCUT2D eigenvalue weighted by molar-refractivity contribution is 0.0602. The predicted octanol–water partition coefficient (Wildman–Crippen LogP) is 3.82. The number of aryl methyl sites for hydroxylation is 2. The van der Waals surface area contributed by atoms with Crippen LogP contribution in [-0.4, -0.2) is 32.0 Å². The van der Waals surface area contributed by atoms with Crippen LogP contribution in [0.25, 0.3) is 15.9 Å². The van der Waals surface area contributed by atoms with Gasteiger partial charge in [0.15, 0.2) is 10.8 Å². The molecule has 4 rings (SSSR count). The molecule has 0 saturated carbocycles. The first kappa shape index (κ1) is 19.7. The molecule has 4 aromatic rings. The van der Waals surface area contributed by atoms with Crippen LogP contribution in [0.2, 0.25) is 0 Å². The number of nitrogens with zero attached hydrogens (tertiary/aromatic N) is 4. The van der Waals surface area contributed by atoms with Gasteiger partial charge >= 0.3 is 5.97 Å². The van der Waals surface area contributed by atoms with Crippen LogP contribution < -0.4 is 5.56 Å². The first-order valence-electron chi connectivity index (χ1n) is 9.12. The Morgan fingerprint density at radius 1 is 1.31 bits per heavy atom. The van der Waals surface area contributed by atoms with Crippen molar-refractivity contribution in [2.24, 2.45) is 0 Å². The maximum Gasteiger partial charge on any atom is 0.341 e. The molecule has 0 amide bonds. The Labute approximate surface area is 175 Å². The highest BCUT2D eigenvalue weighted by molar-refractivity contribution is 7.98. The Balaban J connectivity index is 1.70. The fourth-order valence-electron chi connectivity index (χ4n) is 3.24. The number of fused-ring (bicyclic) bond motifs is 2. The Morgan fingerprint density at radius 3 is 2.83 bits per heavy atom. The van der Waals surface area contributed by atoms with Gasteiger partial charge in [0.1, 0.15) is 10.4 Å². The average molecular weight is 429 g/mol. The molecule has 0 aliphatic rings. The van der Waals surface area contributed by atoms with Crippen molar-refractivity contribution in [3.8, 4) is 0 Å². The normalized spacial score (nSPS) is 11.4. The molecule has 7 nitrogen and oxygen atoms in total. The van der Waals surface area contributed by atoms with Gasteiger partial charge in [0.2, 0.25) is 0 Å². The summed E-state index contributed by atoms with van der Waals surface area (Å²) < 4.78 is 8.35. The van der Waals surface area contributed by atoms with Gasteiger partial charge in [-0.1, -0.05) is 11.8 Å². The number of aromatic nitrogens is 4. The van der Waals surface area contributed by atoms with Crippen LogP contribution in [-0.2, 0) is 17.0 Å². The highest BCUT2D eigenvalue weighted by Crippen LogP contribution is 2.29. The van der Waals surface area contributed by atoms with E-state index in [1.165, 1.54) is 18.9 Å². The zero-order chi connectivity index (χ0) is 20.7. The molecule has 0 saturated heterocycles. The summed E-state index contributed by atoms with van der Waals surface area (Å²) in [6, 6.07) is 3.47. The van der Waals surface area contributed by atoms with Crippen LogP contribution in [0.3, 0.4) is 0 Å². The summed E-state index contributed by atoms with van der Waals surface area (Å²) in [5.41, 5.74) is 2.78. The zero-order valence-corrected chi connectivity index (χ0v) is 18.2. The molecule has 0 fully saturated rings. The molecule has 4 aromatic heterocycles. The lowest BCUT2D eigenvalue weighted by Gasteiger charge is -2.09. The van der Waals surface area contributed by atoms with Gasteiger partial charge in [0, 0.05) is 29.6 Å². The number of hydrogen-bond acceptors (Lipinski definition) is 7. The first-order valence-corrected chi connectivity index (χ1v) is 10.9. The van der Waals surface area contributed by atoms with E-state index in [1.807, 2.05) is 33.2 Å². The molecule has 29 heavy (non-hydrogen) atoms. The molecule has 4 heterocycles. The maximum atomic E-state index is 13.0. The molecule has 0 spiro atoms. The van der Waals surface area contributed by atoms with E-state index in [0.717, 1.165) is 21.0 Å². The smallest absolute Gasteiger partial charge is 0.341 e. The van der Waals surface area contributed by atoms with Gasteiger partial charge in [-0.3, -0.25) is 9.36 Å². The first-order chi connectivity index (χ1) is 13.9. The Kier molecular flexibility index (Phi) is 5.18. The second kappa shape index (κ2) is 7.64. The molecule has 9 heteroatoms. The number of pyridine rings is 1. The topological polar surface area (TPSA) is 78.5 Å². The van der Waals surface area contributed by atoms with E-state index < -0.39 is 5.97 Å². The Hall–Kier alpha value is -2.65. The van der Waals surface area contributed by atoms with Crippen LogP contribution in [0, 0.1) is 13.8 Å². The number of thioether (sulfide) groups is 1. The van der Waals surface area contributed by atoms with E-state index >= 15 is 0 Å². The lowest BCUT2D eigenvalue weighted by atomic mass is 10.2. The van der Waals surface area contributed by atoms with Gasteiger partial charge in [-0.05, 0) is 38.5 Å². The number of rotatable bonds is 5. The van der Waals surface area contributed by atoms with Crippen LogP contribution in [0.15, 0.2) is 34.5 Å². The Bertz CT molecular complexity index is 1300. The van der Waals surface area contributed by atoms with Gasteiger partial charge in [-0.2, -0.15) is 0 Å². The third-order valence-corrected chi connectivity index (χ3v) is 6.97. The minimum atomic E-state index is -0.421. The van der Waals surface area contributed by atoms with Gasteiger partial charge in [0.25, 0.3) is 5.56 Å². The zero-order valence-electron chi connectivity index (χ0n) is 16.6. The molecule has 0 bridgehead atoms. The highest BCUT2D eigenvalue weighted by Gasteiger charge is 2.17. The SMILES string of the molecule is CCn1c(SCc2cn3cccc(C(=O)OC)c3n2)nc2sc(C)c(C)c2c1=O. The molecule has 0 N–H and O–H groups in total. The van der Waals surface area contributed by atoms with Crippen molar-refractivity contribution < 1.29 is 9.53 Å². The molecule has 0 unspecified atom stereocenters.